The van der Waals surface area contributed by atoms with Crippen LogP contribution in [0.4, 0.5) is 0 Å². The number of hydrogen-bond donors (Lipinski definition) is 0. The summed E-state index contributed by atoms with van der Waals surface area (Å²) in [5.41, 5.74) is 2.63. The lowest BCUT2D eigenvalue weighted by Gasteiger charge is -2.05. The van der Waals surface area contributed by atoms with E-state index < -0.39 is 5.97 Å². The number of fused-ring (bicyclic) bond motifs is 1. The Morgan fingerprint density at radius 2 is 1.72 bits per heavy atom. The summed E-state index contributed by atoms with van der Waals surface area (Å²) < 4.78 is 11.9. The molecule has 0 saturated heterocycles. The third-order valence-corrected chi connectivity index (χ3v) is 4.38. The smallest absolute Gasteiger partial charge is 0.344 e. The second-order valence-electron chi connectivity index (χ2n) is 5.38. The van der Waals surface area contributed by atoms with Crippen molar-refractivity contribution >= 4 is 33.0 Å². The van der Waals surface area contributed by atoms with Crippen molar-refractivity contribution in [3.05, 3.63) is 82.8 Å². The number of nitrogens with zero attached hydrogens (tertiary/aromatic N) is 1. The Labute approximate surface area is 152 Å². The second kappa shape index (κ2) is 6.53. The fourth-order valence-electron chi connectivity index (χ4n) is 2.46. The van der Waals surface area contributed by atoms with Gasteiger partial charge in [-0.15, -0.1) is 0 Å². The minimum Gasteiger partial charge on any atom is -0.436 e. The Hall–Kier alpha value is -2.92. The van der Waals surface area contributed by atoms with Gasteiger partial charge in [0.25, 0.3) is 0 Å². The number of halogens is 1. The summed E-state index contributed by atoms with van der Waals surface area (Å²) >= 11 is 3.35. The molecule has 3 aromatic carbocycles. The van der Waals surface area contributed by atoms with E-state index in [-0.39, 0.29) is 0 Å². The summed E-state index contributed by atoms with van der Waals surface area (Å²) in [7, 11) is 0. The van der Waals surface area contributed by atoms with E-state index in [0.29, 0.717) is 32.8 Å². The van der Waals surface area contributed by atoms with Crippen molar-refractivity contribution in [3.8, 4) is 17.2 Å². The molecule has 0 saturated carbocycles. The van der Waals surface area contributed by atoms with Gasteiger partial charge in [0, 0.05) is 16.1 Å². The molecule has 0 N–H and O–H groups in total. The lowest BCUT2D eigenvalue weighted by Crippen LogP contribution is -2.08. The molecule has 0 aliphatic heterocycles. The first-order chi connectivity index (χ1) is 12.2. The van der Waals surface area contributed by atoms with Gasteiger partial charge < -0.3 is 9.15 Å². The lowest BCUT2D eigenvalue weighted by molar-refractivity contribution is 0.0734. The first-order valence-corrected chi connectivity index (χ1v) is 8.43. The highest BCUT2D eigenvalue weighted by Gasteiger charge is 2.14. The largest absolute Gasteiger partial charge is 0.436 e. The van der Waals surface area contributed by atoms with Gasteiger partial charge in [-0.05, 0) is 52.3 Å². The van der Waals surface area contributed by atoms with Crippen LogP contribution in [0.3, 0.4) is 0 Å². The minimum atomic E-state index is -0.436. The van der Waals surface area contributed by atoms with E-state index in [1.807, 2.05) is 36.4 Å². The van der Waals surface area contributed by atoms with E-state index in [4.69, 9.17) is 9.15 Å². The van der Waals surface area contributed by atoms with Crippen molar-refractivity contribution in [3.63, 3.8) is 0 Å². The Morgan fingerprint density at radius 1 is 0.960 bits per heavy atom. The van der Waals surface area contributed by atoms with E-state index in [2.05, 4.69) is 20.9 Å². The first kappa shape index (κ1) is 15.6. The van der Waals surface area contributed by atoms with Gasteiger partial charge in [0.05, 0.1) is 5.56 Å². The quantitative estimate of drug-likeness (QED) is 0.341. The van der Waals surface area contributed by atoms with Crippen LogP contribution in [0, 0.1) is 0 Å². The molecule has 4 aromatic rings. The average Bonchev–Trinajstić information content (AvgIpc) is 3.06. The number of oxazole rings is 1. The van der Waals surface area contributed by atoms with Gasteiger partial charge >= 0.3 is 5.97 Å². The molecule has 1 aromatic heterocycles. The molecular formula is C20H12BrNO3. The highest BCUT2D eigenvalue weighted by atomic mass is 79.9. The highest BCUT2D eigenvalue weighted by Crippen LogP contribution is 2.27. The van der Waals surface area contributed by atoms with Crippen molar-refractivity contribution in [2.75, 3.05) is 0 Å². The van der Waals surface area contributed by atoms with Gasteiger partial charge in [-0.1, -0.05) is 30.3 Å². The predicted octanol–water partition coefficient (Wildman–Crippen LogP) is 5.48. The number of benzene rings is 3. The van der Waals surface area contributed by atoms with Crippen molar-refractivity contribution < 1.29 is 13.9 Å². The Kier molecular flexibility index (Phi) is 4.07. The van der Waals surface area contributed by atoms with Crippen LogP contribution in [0.15, 0.2) is 81.7 Å². The predicted molar refractivity (Wildman–Crippen MR) is 98.5 cm³/mol. The molecule has 4 nitrogen and oxygen atoms in total. The summed E-state index contributed by atoms with van der Waals surface area (Å²) in [5.74, 6) is 0.503. The number of ether oxygens (including phenoxy) is 1. The van der Waals surface area contributed by atoms with Crippen molar-refractivity contribution in [2.45, 2.75) is 0 Å². The first-order valence-electron chi connectivity index (χ1n) is 7.63. The van der Waals surface area contributed by atoms with Gasteiger partial charge in [-0.2, -0.15) is 0 Å². The molecule has 0 atom stereocenters. The van der Waals surface area contributed by atoms with Gasteiger partial charge in [0.15, 0.2) is 5.58 Å². The molecule has 4 rings (SSSR count). The van der Waals surface area contributed by atoms with E-state index in [1.165, 1.54) is 0 Å². The molecule has 0 unspecified atom stereocenters. The summed E-state index contributed by atoms with van der Waals surface area (Å²) in [6.45, 7) is 0. The van der Waals surface area contributed by atoms with E-state index in [1.54, 1.807) is 36.4 Å². The van der Waals surface area contributed by atoms with Crippen LogP contribution < -0.4 is 4.74 Å². The lowest BCUT2D eigenvalue weighted by atomic mass is 10.2. The second-order valence-corrected chi connectivity index (χ2v) is 6.24. The van der Waals surface area contributed by atoms with Crippen LogP contribution >= 0.6 is 15.9 Å². The number of hydrogen-bond acceptors (Lipinski definition) is 4. The minimum absolute atomic E-state index is 0.406. The maximum absolute atomic E-state index is 12.3. The van der Waals surface area contributed by atoms with Crippen LogP contribution in [0.2, 0.25) is 0 Å². The topological polar surface area (TPSA) is 52.3 Å². The molecule has 0 radical (unpaired) electrons. The zero-order valence-corrected chi connectivity index (χ0v) is 14.6. The van der Waals surface area contributed by atoms with Gasteiger partial charge in [0.2, 0.25) is 5.89 Å². The molecular weight excluding hydrogens is 382 g/mol. The van der Waals surface area contributed by atoms with Gasteiger partial charge in [-0.25, -0.2) is 9.78 Å². The zero-order valence-electron chi connectivity index (χ0n) is 13.0. The molecule has 25 heavy (non-hydrogen) atoms. The maximum atomic E-state index is 12.3. The van der Waals surface area contributed by atoms with Gasteiger partial charge in [0.1, 0.15) is 11.3 Å². The fraction of sp³-hybridized carbons (Fsp3) is 0. The zero-order chi connectivity index (χ0) is 17.2. The van der Waals surface area contributed by atoms with Crippen LogP contribution in [-0.4, -0.2) is 11.0 Å². The number of carbonyl (C=O) groups is 1. The number of rotatable bonds is 3. The molecule has 0 spiro atoms. The fourth-order valence-corrected chi connectivity index (χ4v) is 2.91. The highest BCUT2D eigenvalue weighted by molar-refractivity contribution is 9.10. The standard InChI is InChI=1S/C20H12BrNO3/c21-16-9-5-4-8-15(16)20(23)24-14-10-11-17-18(12-14)25-19(22-17)13-6-2-1-3-7-13/h1-12H. The van der Waals surface area contributed by atoms with Crippen molar-refractivity contribution in [1.82, 2.24) is 4.98 Å². The molecule has 0 aliphatic rings. The normalized spacial score (nSPS) is 10.8. The van der Waals surface area contributed by atoms with Crippen molar-refractivity contribution in [1.29, 1.82) is 0 Å². The van der Waals surface area contributed by atoms with Crippen LogP contribution in [0.5, 0.6) is 5.75 Å². The third-order valence-electron chi connectivity index (χ3n) is 3.68. The van der Waals surface area contributed by atoms with Crippen LogP contribution in [-0.2, 0) is 0 Å². The Morgan fingerprint density at radius 3 is 2.52 bits per heavy atom. The molecule has 5 heteroatoms. The van der Waals surface area contributed by atoms with E-state index in [0.717, 1.165) is 5.56 Å². The van der Waals surface area contributed by atoms with E-state index >= 15 is 0 Å². The Bertz CT molecular complexity index is 1060. The summed E-state index contributed by atoms with van der Waals surface area (Å²) in [4.78, 5) is 16.8. The van der Waals surface area contributed by atoms with Gasteiger partial charge in [-0.3, -0.25) is 0 Å². The van der Waals surface area contributed by atoms with Crippen LogP contribution in [0.1, 0.15) is 10.4 Å². The molecule has 0 aliphatic carbocycles. The molecule has 1 heterocycles. The van der Waals surface area contributed by atoms with E-state index in [9.17, 15) is 4.79 Å². The number of aromatic nitrogens is 1. The van der Waals surface area contributed by atoms with Crippen molar-refractivity contribution in [2.24, 2.45) is 0 Å². The summed E-state index contributed by atoms with van der Waals surface area (Å²) in [6, 6.07) is 21.9. The SMILES string of the molecule is O=C(Oc1ccc2nc(-c3ccccc3)oc2c1)c1ccccc1Br. The summed E-state index contributed by atoms with van der Waals surface area (Å²) in [6.07, 6.45) is 0. The average molecular weight is 394 g/mol. The number of esters is 1. The monoisotopic (exact) mass is 393 g/mol. The molecule has 0 fully saturated rings. The maximum Gasteiger partial charge on any atom is 0.344 e. The molecule has 0 bridgehead atoms. The summed E-state index contributed by atoms with van der Waals surface area (Å²) in [5, 5.41) is 0. The van der Waals surface area contributed by atoms with Crippen LogP contribution in [0.25, 0.3) is 22.6 Å². The molecule has 0 amide bonds. The molecule has 122 valence electrons. The third kappa shape index (κ3) is 3.19. The Balaban J connectivity index is 1.63. The number of carbonyl (C=O) groups excluding carboxylic acids is 1.